The Kier molecular flexibility index (Phi) is 5.34. The van der Waals surface area contributed by atoms with Crippen LogP contribution in [0.5, 0.6) is 0 Å². The van der Waals surface area contributed by atoms with Crippen LogP contribution in [-0.2, 0) is 14.8 Å². The average molecular weight is 343 g/mol. The molecule has 0 bridgehead atoms. The lowest BCUT2D eigenvalue weighted by Crippen LogP contribution is -2.33. The first-order valence-corrected chi connectivity index (χ1v) is 8.67. The fourth-order valence-electron chi connectivity index (χ4n) is 2.17. The van der Waals surface area contributed by atoms with Crippen molar-refractivity contribution in [2.75, 3.05) is 11.9 Å². The molecule has 2 N–H and O–H groups in total. The van der Waals surface area contributed by atoms with Crippen molar-refractivity contribution in [3.63, 3.8) is 0 Å². The van der Waals surface area contributed by atoms with Gasteiger partial charge in [-0.15, -0.1) is 0 Å². The number of hydrogen-bond acceptors (Lipinski definition) is 4. The summed E-state index contributed by atoms with van der Waals surface area (Å²) in [5.41, 5.74) is 2.70. The van der Waals surface area contributed by atoms with Crippen LogP contribution >= 0.6 is 0 Å². The highest BCUT2D eigenvalue weighted by atomic mass is 32.2. The summed E-state index contributed by atoms with van der Waals surface area (Å²) < 4.78 is 26.6. The molecule has 0 aliphatic heterocycles. The number of rotatable bonds is 5. The third-order valence-electron chi connectivity index (χ3n) is 3.44. The number of carbonyl (C=O) groups is 1. The Hall–Kier alpha value is -2.69. The summed E-state index contributed by atoms with van der Waals surface area (Å²) in [6, 6.07) is 13.1. The summed E-state index contributed by atoms with van der Waals surface area (Å²) in [4.78, 5) is 12.0. The molecule has 0 atom stereocenters. The normalized spacial score (nSPS) is 10.9. The predicted molar refractivity (Wildman–Crippen MR) is 90.9 cm³/mol. The van der Waals surface area contributed by atoms with Crippen LogP contribution in [0, 0.1) is 25.2 Å². The van der Waals surface area contributed by atoms with Gasteiger partial charge in [-0.05, 0) is 43.2 Å². The molecule has 0 aromatic heterocycles. The van der Waals surface area contributed by atoms with E-state index in [-0.39, 0.29) is 10.5 Å². The number of anilines is 1. The Morgan fingerprint density at radius 3 is 2.38 bits per heavy atom. The van der Waals surface area contributed by atoms with E-state index in [0.717, 1.165) is 11.1 Å². The summed E-state index contributed by atoms with van der Waals surface area (Å²) in [5.74, 6) is -0.465. The molecule has 0 radical (unpaired) electrons. The molecule has 24 heavy (non-hydrogen) atoms. The van der Waals surface area contributed by atoms with E-state index in [9.17, 15) is 13.2 Å². The van der Waals surface area contributed by atoms with Crippen LogP contribution in [0.15, 0.2) is 47.4 Å². The molecular weight excluding hydrogens is 326 g/mol. The highest BCUT2D eigenvalue weighted by molar-refractivity contribution is 7.89. The fraction of sp³-hybridized carbons (Fsp3) is 0.176. The smallest absolute Gasteiger partial charge is 0.241 e. The van der Waals surface area contributed by atoms with Gasteiger partial charge < -0.3 is 5.32 Å². The minimum absolute atomic E-state index is 0.0542. The van der Waals surface area contributed by atoms with Gasteiger partial charge in [-0.1, -0.05) is 24.3 Å². The first-order valence-electron chi connectivity index (χ1n) is 7.19. The molecule has 0 unspecified atom stereocenters. The van der Waals surface area contributed by atoms with E-state index in [0.29, 0.717) is 5.69 Å². The van der Waals surface area contributed by atoms with E-state index in [2.05, 4.69) is 10.0 Å². The number of nitrogens with one attached hydrogen (secondary N) is 2. The van der Waals surface area contributed by atoms with E-state index in [1.807, 2.05) is 38.1 Å². The van der Waals surface area contributed by atoms with Crippen molar-refractivity contribution in [2.24, 2.45) is 0 Å². The second-order valence-electron chi connectivity index (χ2n) is 5.28. The van der Waals surface area contributed by atoms with Crippen molar-refractivity contribution in [3.8, 4) is 6.07 Å². The number of hydrogen-bond donors (Lipinski definition) is 2. The highest BCUT2D eigenvalue weighted by Crippen LogP contribution is 2.19. The van der Waals surface area contributed by atoms with E-state index in [1.165, 1.54) is 24.3 Å². The van der Waals surface area contributed by atoms with Crippen LogP contribution in [-0.4, -0.2) is 20.9 Å². The van der Waals surface area contributed by atoms with Crippen LogP contribution < -0.4 is 10.0 Å². The van der Waals surface area contributed by atoms with Gasteiger partial charge in [-0.2, -0.15) is 5.26 Å². The van der Waals surface area contributed by atoms with Gasteiger partial charge in [-0.3, -0.25) is 4.79 Å². The Bertz CT molecular complexity index is 895. The van der Waals surface area contributed by atoms with Crippen molar-refractivity contribution in [1.29, 1.82) is 5.26 Å². The molecule has 2 aromatic rings. The minimum Gasteiger partial charge on any atom is -0.324 e. The van der Waals surface area contributed by atoms with Crippen molar-refractivity contribution >= 4 is 21.6 Å². The first-order chi connectivity index (χ1) is 11.3. The van der Waals surface area contributed by atoms with Crippen LogP contribution in [0.4, 0.5) is 5.69 Å². The van der Waals surface area contributed by atoms with Crippen LogP contribution in [0.2, 0.25) is 0 Å². The van der Waals surface area contributed by atoms with Crippen molar-refractivity contribution in [3.05, 3.63) is 59.2 Å². The molecule has 124 valence electrons. The zero-order valence-corrected chi connectivity index (χ0v) is 14.1. The molecule has 0 spiro atoms. The second-order valence-corrected chi connectivity index (χ2v) is 7.05. The topological polar surface area (TPSA) is 99.1 Å². The zero-order valence-electron chi connectivity index (χ0n) is 13.3. The summed E-state index contributed by atoms with van der Waals surface area (Å²) in [6.07, 6.45) is 0. The van der Waals surface area contributed by atoms with Crippen molar-refractivity contribution < 1.29 is 13.2 Å². The monoisotopic (exact) mass is 343 g/mol. The Morgan fingerprint density at radius 2 is 1.75 bits per heavy atom. The highest BCUT2D eigenvalue weighted by Gasteiger charge is 2.16. The lowest BCUT2D eigenvalue weighted by molar-refractivity contribution is -0.115. The zero-order chi connectivity index (χ0) is 17.7. The van der Waals surface area contributed by atoms with Crippen molar-refractivity contribution in [2.45, 2.75) is 18.7 Å². The standard InChI is InChI=1S/C17H17N3O3S/c1-12-5-3-6-13(2)17(12)20-16(21)11-19-24(22,23)15-8-4-7-14(9-15)10-18/h3-9,19H,11H2,1-2H3,(H,20,21). The van der Waals surface area contributed by atoms with Gasteiger partial charge in [0.1, 0.15) is 0 Å². The van der Waals surface area contributed by atoms with Crippen molar-refractivity contribution in [1.82, 2.24) is 4.72 Å². The maximum Gasteiger partial charge on any atom is 0.241 e. The van der Waals surface area contributed by atoms with Gasteiger partial charge >= 0.3 is 0 Å². The lowest BCUT2D eigenvalue weighted by Gasteiger charge is -2.12. The number of para-hydroxylation sites is 1. The number of aryl methyl sites for hydroxylation is 2. The number of nitriles is 1. The van der Waals surface area contributed by atoms with Gasteiger partial charge in [0.2, 0.25) is 15.9 Å². The molecule has 6 nitrogen and oxygen atoms in total. The van der Waals surface area contributed by atoms with E-state index < -0.39 is 22.5 Å². The number of benzene rings is 2. The average Bonchev–Trinajstić information content (AvgIpc) is 2.56. The maximum absolute atomic E-state index is 12.2. The fourth-order valence-corrected chi connectivity index (χ4v) is 3.20. The summed E-state index contributed by atoms with van der Waals surface area (Å²) in [6.45, 7) is 3.33. The number of amides is 1. The minimum atomic E-state index is -3.86. The second kappa shape index (κ2) is 7.25. The molecule has 0 aliphatic rings. The van der Waals surface area contributed by atoms with Crippen LogP contribution in [0.1, 0.15) is 16.7 Å². The van der Waals surface area contributed by atoms with Gasteiger partial charge in [0, 0.05) is 5.69 Å². The summed E-state index contributed by atoms with van der Waals surface area (Å²) in [7, 11) is -3.86. The van der Waals surface area contributed by atoms with Crippen LogP contribution in [0.25, 0.3) is 0 Å². The summed E-state index contributed by atoms with van der Waals surface area (Å²) in [5, 5.41) is 11.5. The summed E-state index contributed by atoms with van der Waals surface area (Å²) >= 11 is 0. The van der Waals surface area contributed by atoms with E-state index >= 15 is 0 Å². The molecule has 0 heterocycles. The van der Waals surface area contributed by atoms with Gasteiger partial charge in [0.25, 0.3) is 0 Å². The van der Waals surface area contributed by atoms with Crippen LogP contribution in [0.3, 0.4) is 0 Å². The molecule has 2 rings (SSSR count). The molecule has 2 aromatic carbocycles. The van der Waals surface area contributed by atoms with Gasteiger partial charge in [0.05, 0.1) is 23.1 Å². The molecule has 0 fully saturated rings. The largest absolute Gasteiger partial charge is 0.324 e. The molecular formula is C17H17N3O3S. The molecule has 0 aliphatic carbocycles. The number of sulfonamides is 1. The van der Waals surface area contributed by atoms with E-state index in [1.54, 1.807) is 0 Å². The van der Waals surface area contributed by atoms with E-state index in [4.69, 9.17) is 5.26 Å². The molecule has 0 saturated carbocycles. The lowest BCUT2D eigenvalue weighted by atomic mass is 10.1. The number of carbonyl (C=O) groups excluding carboxylic acids is 1. The molecule has 1 amide bonds. The first kappa shape index (κ1) is 17.7. The Morgan fingerprint density at radius 1 is 1.12 bits per heavy atom. The number of nitrogens with zero attached hydrogens (tertiary/aromatic N) is 1. The third kappa shape index (κ3) is 4.19. The Balaban J connectivity index is 2.07. The quantitative estimate of drug-likeness (QED) is 0.868. The predicted octanol–water partition coefficient (Wildman–Crippen LogP) is 2.09. The third-order valence-corrected chi connectivity index (χ3v) is 4.84. The van der Waals surface area contributed by atoms with Gasteiger partial charge in [-0.25, -0.2) is 13.1 Å². The molecule has 0 saturated heterocycles. The molecule has 7 heteroatoms. The SMILES string of the molecule is Cc1cccc(C)c1NC(=O)CNS(=O)(=O)c1cccc(C#N)c1. The Labute approximate surface area is 141 Å². The van der Waals surface area contributed by atoms with Gasteiger partial charge in [0.15, 0.2) is 0 Å². The maximum atomic E-state index is 12.2.